The van der Waals surface area contributed by atoms with Gasteiger partial charge >= 0.3 is 0 Å². The Morgan fingerprint density at radius 1 is 1.41 bits per heavy atom. The first-order chi connectivity index (χ1) is 7.77. The third-order valence-corrected chi connectivity index (χ3v) is 4.49. The average Bonchev–Trinajstić information content (AvgIpc) is 2.23. The summed E-state index contributed by atoms with van der Waals surface area (Å²) in [6, 6.07) is 3.89. The second-order valence-electron chi connectivity index (χ2n) is 4.19. The standard InChI is InChI=1S/C11H17FN2O2S/c1-7-6-9(4-5-10(7)12)11(14-13)8(2)17(3,15)16/h4-6,8,11,14H,13H2,1-3H3. The van der Waals surface area contributed by atoms with Crippen LogP contribution in [0.25, 0.3) is 0 Å². The van der Waals surface area contributed by atoms with Gasteiger partial charge in [0.2, 0.25) is 0 Å². The number of hydrazine groups is 1. The molecular formula is C11H17FN2O2S. The fraction of sp³-hybridized carbons (Fsp3) is 0.455. The number of benzene rings is 1. The summed E-state index contributed by atoms with van der Waals surface area (Å²) in [6.07, 6.45) is 1.15. The van der Waals surface area contributed by atoms with Gasteiger partial charge in [-0.15, -0.1) is 0 Å². The van der Waals surface area contributed by atoms with Gasteiger partial charge in [0.25, 0.3) is 0 Å². The SMILES string of the molecule is Cc1cc(C(NN)C(C)S(C)(=O)=O)ccc1F. The quantitative estimate of drug-likeness (QED) is 0.627. The van der Waals surface area contributed by atoms with E-state index in [0.29, 0.717) is 11.1 Å². The van der Waals surface area contributed by atoms with E-state index in [2.05, 4.69) is 5.43 Å². The molecule has 0 saturated heterocycles. The molecule has 0 aliphatic heterocycles. The molecule has 1 aromatic rings. The van der Waals surface area contributed by atoms with Crippen LogP contribution in [0.2, 0.25) is 0 Å². The molecule has 17 heavy (non-hydrogen) atoms. The van der Waals surface area contributed by atoms with Crippen molar-refractivity contribution >= 4 is 9.84 Å². The van der Waals surface area contributed by atoms with Crippen molar-refractivity contribution in [1.29, 1.82) is 0 Å². The lowest BCUT2D eigenvalue weighted by Crippen LogP contribution is -2.38. The third-order valence-electron chi connectivity index (χ3n) is 2.87. The lowest BCUT2D eigenvalue weighted by atomic mass is 10.0. The van der Waals surface area contributed by atoms with Gasteiger partial charge in [0.15, 0.2) is 9.84 Å². The van der Waals surface area contributed by atoms with Crippen molar-refractivity contribution in [2.75, 3.05) is 6.26 Å². The molecule has 1 rings (SSSR count). The number of aryl methyl sites for hydroxylation is 1. The Labute approximate surface area is 101 Å². The molecule has 2 atom stereocenters. The van der Waals surface area contributed by atoms with Gasteiger partial charge in [0.1, 0.15) is 5.82 Å². The van der Waals surface area contributed by atoms with Crippen molar-refractivity contribution in [1.82, 2.24) is 5.43 Å². The minimum atomic E-state index is -3.22. The number of sulfone groups is 1. The van der Waals surface area contributed by atoms with Crippen molar-refractivity contribution in [3.63, 3.8) is 0 Å². The van der Waals surface area contributed by atoms with Crippen LogP contribution >= 0.6 is 0 Å². The fourth-order valence-electron chi connectivity index (χ4n) is 1.61. The predicted octanol–water partition coefficient (Wildman–Crippen LogP) is 1.07. The Morgan fingerprint density at radius 2 is 2.00 bits per heavy atom. The van der Waals surface area contributed by atoms with Gasteiger partial charge in [-0.2, -0.15) is 0 Å². The zero-order chi connectivity index (χ0) is 13.2. The van der Waals surface area contributed by atoms with Crippen LogP contribution in [0.3, 0.4) is 0 Å². The molecule has 2 unspecified atom stereocenters. The highest BCUT2D eigenvalue weighted by Gasteiger charge is 2.26. The molecule has 1 aromatic carbocycles. The van der Waals surface area contributed by atoms with E-state index < -0.39 is 21.1 Å². The average molecular weight is 260 g/mol. The van der Waals surface area contributed by atoms with E-state index in [9.17, 15) is 12.8 Å². The smallest absolute Gasteiger partial charge is 0.151 e. The zero-order valence-corrected chi connectivity index (χ0v) is 10.9. The molecule has 3 N–H and O–H groups in total. The van der Waals surface area contributed by atoms with Crippen molar-refractivity contribution in [3.05, 3.63) is 35.1 Å². The molecule has 0 aliphatic rings. The minimum Gasteiger partial charge on any atom is -0.271 e. The molecule has 0 aromatic heterocycles. The van der Waals surface area contributed by atoms with E-state index in [1.165, 1.54) is 12.1 Å². The van der Waals surface area contributed by atoms with Crippen LogP contribution in [0.4, 0.5) is 4.39 Å². The van der Waals surface area contributed by atoms with Crippen LogP contribution in [0, 0.1) is 12.7 Å². The summed E-state index contributed by atoms with van der Waals surface area (Å²) >= 11 is 0. The molecule has 6 heteroatoms. The van der Waals surface area contributed by atoms with Crippen LogP contribution in [-0.4, -0.2) is 19.9 Å². The van der Waals surface area contributed by atoms with Crippen molar-refractivity contribution in [3.8, 4) is 0 Å². The second-order valence-corrected chi connectivity index (χ2v) is 6.59. The van der Waals surface area contributed by atoms with Crippen molar-refractivity contribution in [2.24, 2.45) is 5.84 Å². The lowest BCUT2D eigenvalue weighted by molar-refractivity contribution is 0.512. The first-order valence-corrected chi connectivity index (χ1v) is 7.14. The van der Waals surface area contributed by atoms with Crippen LogP contribution < -0.4 is 11.3 Å². The van der Waals surface area contributed by atoms with Gasteiger partial charge in [0.05, 0.1) is 11.3 Å². The van der Waals surface area contributed by atoms with Crippen LogP contribution in [0.5, 0.6) is 0 Å². The first kappa shape index (κ1) is 14.1. The van der Waals surface area contributed by atoms with Crippen molar-refractivity contribution in [2.45, 2.75) is 25.1 Å². The Hall–Kier alpha value is -0.980. The maximum absolute atomic E-state index is 13.1. The molecule has 0 spiro atoms. The number of nitrogens with one attached hydrogen (secondary N) is 1. The summed E-state index contributed by atoms with van der Waals surface area (Å²) in [4.78, 5) is 0. The van der Waals surface area contributed by atoms with E-state index >= 15 is 0 Å². The maximum Gasteiger partial charge on any atom is 0.151 e. The number of nitrogens with two attached hydrogens (primary N) is 1. The molecule has 0 bridgehead atoms. The summed E-state index contributed by atoms with van der Waals surface area (Å²) in [5.41, 5.74) is 3.59. The first-order valence-electron chi connectivity index (χ1n) is 5.18. The minimum absolute atomic E-state index is 0.323. The Bertz CT molecular complexity index is 502. The molecule has 0 fully saturated rings. The molecule has 96 valence electrons. The number of hydrogen-bond donors (Lipinski definition) is 2. The van der Waals surface area contributed by atoms with Gasteiger partial charge in [-0.1, -0.05) is 12.1 Å². The normalized spacial score (nSPS) is 15.6. The topological polar surface area (TPSA) is 72.2 Å². The molecule has 0 radical (unpaired) electrons. The maximum atomic E-state index is 13.1. The van der Waals surface area contributed by atoms with E-state index in [-0.39, 0.29) is 5.82 Å². The molecular weight excluding hydrogens is 243 g/mol. The molecule has 4 nitrogen and oxygen atoms in total. The van der Waals surface area contributed by atoms with E-state index in [4.69, 9.17) is 5.84 Å². The highest BCUT2D eigenvalue weighted by Crippen LogP contribution is 2.22. The van der Waals surface area contributed by atoms with Gasteiger partial charge in [-0.3, -0.25) is 11.3 Å². The van der Waals surface area contributed by atoms with Gasteiger partial charge in [0, 0.05) is 6.26 Å². The molecule has 0 amide bonds. The largest absolute Gasteiger partial charge is 0.271 e. The highest BCUT2D eigenvalue weighted by atomic mass is 32.2. The van der Waals surface area contributed by atoms with Gasteiger partial charge in [-0.25, -0.2) is 12.8 Å². The Kier molecular flexibility index (Phi) is 4.24. The third kappa shape index (κ3) is 3.24. The summed E-state index contributed by atoms with van der Waals surface area (Å²) in [7, 11) is -3.22. The summed E-state index contributed by atoms with van der Waals surface area (Å²) in [6.45, 7) is 3.19. The van der Waals surface area contributed by atoms with Crippen LogP contribution in [0.1, 0.15) is 24.1 Å². The number of halogens is 1. The summed E-state index contributed by atoms with van der Waals surface area (Å²) < 4.78 is 36.1. The monoisotopic (exact) mass is 260 g/mol. The van der Waals surface area contributed by atoms with Crippen LogP contribution in [-0.2, 0) is 9.84 Å². The summed E-state index contributed by atoms with van der Waals surface area (Å²) in [5, 5.41) is -0.683. The summed E-state index contributed by atoms with van der Waals surface area (Å²) in [5.74, 6) is 5.06. The predicted molar refractivity (Wildman–Crippen MR) is 65.5 cm³/mol. The molecule has 0 heterocycles. The zero-order valence-electron chi connectivity index (χ0n) is 10.1. The molecule has 0 aliphatic carbocycles. The van der Waals surface area contributed by atoms with E-state index in [1.807, 2.05) is 0 Å². The van der Waals surface area contributed by atoms with E-state index in [1.54, 1.807) is 19.9 Å². The number of hydrogen-bond acceptors (Lipinski definition) is 4. The van der Waals surface area contributed by atoms with E-state index in [0.717, 1.165) is 6.26 Å². The Balaban J connectivity index is 3.14. The van der Waals surface area contributed by atoms with Crippen LogP contribution in [0.15, 0.2) is 18.2 Å². The van der Waals surface area contributed by atoms with Gasteiger partial charge in [-0.05, 0) is 31.0 Å². The highest BCUT2D eigenvalue weighted by molar-refractivity contribution is 7.91. The molecule has 0 saturated carbocycles. The fourth-order valence-corrected chi connectivity index (χ4v) is 2.34. The van der Waals surface area contributed by atoms with Gasteiger partial charge < -0.3 is 0 Å². The Morgan fingerprint density at radius 3 is 2.41 bits per heavy atom. The number of rotatable bonds is 4. The lowest BCUT2D eigenvalue weighted by Gasteiger charge is -2.22. The van der Waals surface area contributed by atoms with Crippen molar-refractivity contribution < 1.29 is 12.8 Å². The second kappa shape index (κ2) is 5.12.